The maximum Gasteiger partial charge on any atom is 0.440 e. The van der Waals surface area contributed by atoms with Gasteiger partial charge in [0.2, 0.25) is 0 Å². The second kappa shape index (κ2) is 3.47. The van der Waals surface area contributed by atoms with E-state index in [4.69, 9.17) is 10.00 Å². The van der Waals surface area contributed by atoms with Gasteiger partial charge in [-0.15, -0.1) is 0 Å². The van der Waals surface area contributed by atoms with Gasteiger partial charge in [0.05, 0.1) is 6.61 Å². The first kappa shape index (κ1) is 11.5. The predicted octanol–water partition coefficient (Wildman–Crippen LogP) is 0.886. The average molecular weight is 204 g/mol. The number of carbonyl (C=O) groups is 1. The summed E-state index contributed by atoms with van der Waals surface area (Å²) < 4.78 is 38.8. The maximum absolute atomic E-state index is 12.3. The number of hydrogen-bond donors (Lipinski definition) is 2. The molecule has 0 amide bonds. The number of carboxylic acids is 1. The van der Waals surface area contributed by atoms with Crippen LogP contribution < -0.4 is 0 Å². The standard InChI is InChI=1S/C4H7F2O5P/c1-2-11-12(9,10)4(5,6)3(7)8/h2H2,1H3,(H,7,8)(H,9,10). The Morgan fingerprint density at radius 2 is 2.08 bits per heavy atom. The van der Waals surface area contributed by atoms with Gasteiger partial charge >= 0.3 is 19.2 Å². The highest BCUT2D eigenvalue weighted by molar-refractivity contribution is 7.55. The summed E-state index contributed by atoms with van der Waals surface area (Å²) >= 11 is 0. The van der Waals surface area contributed by atoms with E-state index in [1.807, 2.05) is 0 Å². The molecule has 0 heterocycles. The van der Waals surface area contributed by atoms with Crippen molar-refractivity contribution in [3.63, 3.8) is 0 Å². The molecule has 0 aliphatic heterocycles. The van der Waals surface area contributed by atoms with E-state index in [1.165, 1.54) is 6.92 Å². The number of carboxylic acid groups (broad SMARTS) is 1. The van der Waals surface area contributed by atoms with Crippen LogP contribution in [0.1, 0.15) is 6.92 Å². The van der Waals surface area contributed by atoms with Crippen LogP contribution in [0.25, 0.3) is 0 Å². The molecule has 0 aliphatic rings. The summed E-state index contributed by atoms with van der Waals surface area (Å²) in [5.41, 5.74) is -4.75. The molecule has 0 bridgehead atoms. The van der Waals surface area contributed by atoms with Crippen LogP contribution in [0, 0.1) is 0 Å². The molecule has 0 fully saturated rings. The van der Waals surface area contributed by atoms with E-state index in [0.717, 1.165) is 0 Å². The van der Waals surface area contributed by atoms with E-state index < -0.39 is 25.8 Å². The maximum atomic E-state index is 12.3. The van der Waals surface area contributed by atoms with Gasteiger partial charge in [-0.3, -0.25) is 4.57 Å². The predicted molar refractivity (Wildman–Crippen MR) is 34.0 cm³/mol. The van der Waals surface area contributed by atoms with E-state index in [-0.39, 0.29) is 0 Å². The molecule has 0 saturated carbocycles. The fourth-order valence-electron chi connectivity index (χ4n) is 0.377. The second-order valence-electron chi connectivity index (χ2n) is 1.78. The Morgan fingerprint density at radius 3 is 2.33 bits per heavy atom. The lowest BCUT2D eigenvalue weighted by Crippen LogP contribution is -2.28. The fraction of sp³-hybridized carbons (Fsp3) is 0.750. The molecule has 0 radical (unpaired) electrons. The summed E-state index contributed by atoms with van der Waals surface area (Å²) in [6.45, 7) is 0.734. The van der Waals surface area contributed by atoms with Gasteiger partial charge in [0.1, 0.15) is 0 Å². The van der Waals surface area contributed by atoms with Crippen LogP contribution in [0.5, 0.6) is 0 Å². The molecule has 0 spiro atoms. The lowest BCUT2D eigenvalue weighted by Gasteiger charge is -2.16. The molecule has 0 saturated heterocycles. The van der Waals surface area contributed by atoms with Crippen LogP contribution in [-0.4, -0.2) is 28.2 Å². The van der Waals surface area contributed by atoms with Crippen molar-refractivity contribution in [3.05, 3.63) is 0 Å². The minimum atomic E-state index is -5.38. The van der Waals surface area contributed by atoms with Crippen LogP contribution in [0.3, 0.4) is 0 Å². The average Bonchev–Trinajstić information content (AvgIpc) is 1.86. The summed E-state index contributed by atoms with van der Waals surface area (Å²) in [7, 11) is -5.38. The van der Waals surface area contributed by atoms with Crippen molar-refractivity contribution in [1.82, 2.24) is 0 Å². The number of hydrogen-bond acceptors (Lipinski definition) is 3. The zero-order valence-electron chi connectivity index (χ0n) is 6.03. The Balaban J connectivity index is 4.76. The molecule has 0 aromatic rings. The number of halogens is 2. The lowest BCUT2D eigenvalue weighted by molar-refractivity contribution is -0.155. The van der Waals surface area contributed by atoms with Crippen molar-refractivity contribution in [1.29, 1.82) is 0 Å². The molecular weight excluding hydrogens is 197 g/mol. The first-order valence-electron chi connectivity index (χ1n) is 2.84. The summed E-state index contributed by atoms with van der Waals surface area (Å²) in [4.78, 5) is 18.2. The first-order chi connectivity index (χ1) is 5.25. The van der Waals surface area contributed by atoms with Crippen molar-refractivity contribution < 1.29 is 32.7 Å². The molecule has 1 atom stereocenters. The van der Waals surface area contributed by atoms with Gasteiger partial charge < -0.3 is 14.5 Å². The third kappa shape index (κ3) is 2.00. The van der Waals surface area contributed by atoms with E-state index in [9.17, 15) is 18.1 Å². The molecule has 0 aromatic carbocycles. The van der Waals surface area contributed by atoms with E-state index >= 15 is 0 Å². The van der Waals surface area contributed by atoms with Crippen molar-refractivity contribution in [2.24, 2.45) is 0 Å². The highest BCUT2D eigenvalue weighted by Gasteiger charge is 2.58. The molecule has 12 heavy (non-hydrogen) atoms. The third-order valence-corrected chi connectivity index (χ3v) is 2.43. The fourth-order valence-corrected chi connectivity index (χ4v) is 1.13. The van der Waals surface area contributed by atoms with E-state index in [2.05, 4.69) is 4.52 Å². The van der Waals surface area contributed by atoms with Crippen LogP contribution in [-0.2, 0) is 13.9 Å². The van der Waals surface area contributed by atoms with Gasteiger partial charge in [-0.05, 0) is 6.92 Å². The molecule has 0 aliphatic carbocycles. The van der Waals surface area contributed by atoms with E-state index in [0.29, 0.717) is 0 Å². The number of alkyl halides is 2. The molecular formula is C4H7F2O5P. The quantitative estimate of drug-likeness (QED) is 0.664. The van der Waals surface area contributed by atoms with E-state index in [1.54, 1.807) is 0 Å². The topological polar surface area (TPSA) is 83.8 Å². The summed E-state index contributed by atoms with van der Waals surface area (Å²) in [6.07, 6.45) is 0. The van der Waals surface area contributed by atoms with Crippen molar-refractivity contribution >= 4 is 13.6 Å². The normalized spacial score (nSPS) is 17.0. The second-order valence-corrected chi connectivity index (χ2v) is 3.65. The van der Waals surface area contributed by atoms with Crippen molar-refractivity contribution in [3.8, 4) is 0 Å². The summed E-state index contributed by atoms with van der Waals surface area (Å²) in [5.74, 6) is -2.68. The molecule has 5 nitrogen and oxygen atoms in total. The Bertz CT molecular complexity index is 227. The zero-order chi connectivity index (χ0) is 9.99. The Morgan fingerprint density at radius 1 is 1.67 bits per heavy atom. The van der Waals surface area contributed by atoms with Crippen LogP contribution in [0.15, 0.2) is 0 Å². The first-order valence-corrected chi connectivity index (χ1v) is 4.42. The van der Waals surface area contributed by atoms with Crippen LogP contribution in [0.2, 0.25) is 0 Å². The number of rotatable bonds is 4. The monoisotopic (exact) mass is 204 g/mol. The summed E-state index contributed by atoms with van der Waals surface area (Å²) in [5, 5.41) is 7.84. The smallest absolute Gasteiger partial charge is 0.440 e. The van der Waals surface area contributed by atoms with Crippen LogP contribution >= 0.6 is 7.60 Å². The Kier molecular flexibility index (Phi) is 3.32. The lowest BCUT2D eigenvalue weighted by atomic mass is 10.7. The van der Waals surface area contributed by atoms with Gasteiger partial charge in [-0.2, -0.15) is 8.78 Å². The molecule has 72 valence electrons. The van der Waals surface area contributed by atoms with Crippen LogP contribution in [0.4, 0.5) is 8.78 Å². The highest BCUT2D eigenvalue weighted by Crippen LogP contribution is 2.57. The van der Waals surface area contributed by atoms with Gasteiger partial charge in [0.15, 0.2) is 0 Å². The molecule has 0 rings (SSSR count). The molecule has 2 N–H and O–H groups in total. The molecule has 8 heteroatoms. The molecule has 1 unspecified atom stereocenters. The summed E-state index contributed by atoms with van der Waals surface area (Å²) in [6, 6.07) is 0. The Hall–Kier alpha value is -0.520. The third-order valence-electron chi connectivity index (χ3n) is 0.916. The van der Waals surface area contributed by atoms with Crippen molar-refractivity contribution in [2.45, 2.75) is 12.6 Å². The molecule has 0 aromatic heterocycles. The van der Waals surface area contributed by atoms with Crippen molar-refractivity contribution in [2.75, 3.05) is 6.61 Å². The Labute approximate surface area is 66.5 Å². The number of aliphatic carboxylic acids is 1. The van der Waals surface area contributed by atoms with Gasteiger partial charge in [0.25, 0.3) is 0 Å². The van der Waals surface area contributed by atoms with Gasteiger partial charge in [-0.1, -0.05) is 0 Å². The largest absolute Gasteiger partial charge is 0.476 e. The van der Waals surface area contributed by atoms with Gasteiger partial charge in [0, 0.05) is 0 Å². The van der Waals surface area contributed by atoms with Gasteiger partial charge in [-0.25, -0.2) is 4.79 Å². The SMILES string of the molecule is CCOP(=O)(O)C(F)(F)C(=O)O. The zero-order valence-corrected chi connectivity index (χ0v) is 6.92. The minimum Gasteiger partial charge on any atom is -0.476 e. The highest BCUT2D eigenvalue weighted by atomic mass is 31.2. The minimum absolute atomic E-state index is 0.462.